The number of anilines is 1. The molecule has 1 aromatic carbocycles. The van der Waals surface area contributed by atoms with E-state index in [0.29, 0.717) is 22.2 Å². The minimum atomic E-state index is -0.350. The summed E-state index contributed by atoms with van der Waals surface area (Å²) in [7, 11) is 0. The Bertz CT molecular complexity index is 680. The van der Waals surface area contributed by atoms with Crippen molar-refractivity contribution in [1.29, 1.82) is 0 Å². The Morgan fingerprint density at radius 2 is 2.14 bits per heavy atom. The number of halogens is 2. The van der Waals surface area contributed by atoms with Crippen molar-refractivity contribution in [2.45, 2.75) is 18.5 Å². The number of nitrogens with one attached hydrogen (secondary N) is 3. The van der Waals surface area contributed by atoms with E-state index in [1.54, 1.807) is 30.6 Å². The third-order valence-corrected chi connectivity index (χ3v) is 4.04. The lowest BCUT2D eigenvalue weighted by Gasteiger charge is -2.12. The van der Waals surface area contributed by atoms with Gasteiger partial charge in [0.25, 0.3) is 0 Å². The van der Waals surface area contributed by atoms with Crippen LogP contribution in [0.1, 0.15) is 18.0 Å². The molecule has 3 N–H and O–H groups in total. The molecular formula is C15H14Cl2N4O. The first kappa shape index (κ1) is 15.2. The minimum Gasteiger partial charge on any atom is -0.323 e. The smallest absolute Gasteiger partial charge is 0.242 e. The third-order valence-electron chi connectivity index (χ3n) is 3.50. The molecular weight excluding hydrogens is 323 g/mol. The monoisotopic (exact) mass is 336 g/mol. The van der Waals surface area contributed by atoms with E-state index in [-0.39, 0.29) is 18.0 Å². The molecule has 2 unspecified atom stereocenters. The van der Waals surface area contributed by atoms with E-state index in [4.69, 9.17) is 23.2 Å². The maximum absolute atomic E-state index is 12.3. The standard InChI is InChI=1S/C15H14Cl2N4O/c16-10-3-4-12(11(17)6-10)19-15(22)14-7-13(20-21-14)9-2-1-5-18-8-9/h1-6,8,13-14,20-21H,7H2,(H,19,22). The Balaban J connectivity index is 1.64. The van der Waals surface area contributed by atoms with Gasteiger partial charge in [-0.05, 0) is 36.2 Å². The fourth-order valence-electron chi connectivity index (χ4n) is 2.34. The molecule has 5 nitrogen and oxygen atoms in total. The Morgan fingerprint density at radius 3 is 2.86 bits per heavy atom. The largest absolute Gasteiger partial charge is 0.323 e. The second-order valence-electron chi connectivity index (χ2n) is 5.03. The van der Waals surface area contributed by atoms with Gasteiger partial charge in [0.1, 0.15) is 6.04 Å². The van der Waals surface area contributed by atoms with Gasteiger partial charge in [0.05, 0.1) is 10.7 Å². The van der Waals surface area contributed by atoms with Crippen molar-refractivity contribution >= 4 is 34.8 Å². The van der Waals surface area contributed by atoms with E-state index in [1.807, 2.05) is 12.1 Å². The van der Waals surface area contributed by atoms with Gasteiger partial charge >= 0.3 is 0 Å². The van der Waals surface area contributed by atoms with Crippen LogP contribution in [0.2, 0.25) is 10.0 Å². The zero-order chi connectivity index (χ0) is 15.5. The highest BCUT2D eigenvalue weighted by atomic mass is 35.5. The molecule has 2 heterocycles. The van der Waals surface area contributed by atoms with Crippen molar-refractivity contribution < 1.29 is 4.79 Å². The van der Waals surface area contributed by atoms with E-state index in [0.717, 1.165) is 5.56 Å². The first-order chi connectivity index (χ1) is 10.6. The highest BCUT2D eigenvalue weighted by Crippen LogP contribution is 2.27. The van der Waals surface area contributed by atoms with Gasteiger partial charge in [-0.15, -0.1) is 0 Å². The molecule has 0 radical (unpaired) electrons. The fourth-order valence-corrected chi connectivity index (χ4v) is 2.80. The quantitative estimate of drug-likeness (QED) is 0.806. The van der Waals surface area contributed by atoms with Gasteiger partial charge in [-0.3, -0.25) is 9.78 Å². The molecule has 0 spiro atoms. The molecule has 0 saturated carbocycles. The van der Waals surface area contributed by atoms with Crippen LogP contribution in [0.15, 0.2) is 42.7 Å². The van der Waals surface area contributed by atoms with Crippen molar-refractivity contribution in [3.8, 4) is 0 Å². The number of carbonyl (C=O) groups excluding carboxylic acids is 1. The molecule has 1 aliphatic heterocycles. The number of hydrogen-bond acceptors (Lipinski definition) is 4. The van der Waals surface area contributed by atoms with Crippen molar-refractivity contribution in [1.82, 2.24) is 15.8 Å². The normalized spacial score (nSPS) is 20.8. The SMILES string of the molecule is O=C(Nc1ccc(Cl)cc1Cl)C1CC(c2cccnc2)NN1. The Hall–Kier alpha value is -1.66. The molecule has 1 fully saturated rings. The summed E-state index contributed by atoms with van der Waals surface area (Å²) in [6, 6.07) is 8.51. The Labute approximate surface area is 138 Å². The summed E-state index contributed by atoms with van der Waals surface area (Å²) < 4.78 is 0. The van der Waals surface area contributed by atoms with Crippen LogP contribution in [-0.4, -0.2) is 16.9 Å². The summed E-state index contributed by atoms with van der Waals surface area (Å²) in [6.07, 6.45) is 4.14. The molecule has 1 saturated heterocycles. The number of aromatic nitrogens is 1. The number of benzene rings is 1. The lowest BCUT2D eigenvalue weighted by molar-refractivity contribution is -0.117. The van der Waals surface area contributed by atoms with Gasteiger partial charge in [-0.25, -0.2) is 10.9 Å². The molecule has 1 amide bonds. The molecule has 114 valence electrons. The molecule has 1 aliphatic rings. The summed E-state index contributed by atoms with van der Waals surface area (Å²) in [6.45, 7) is 0. The van der Waals surface area contributed by atoms with Crippen LogP contribution in [-0.2, 0) is 4.79 Å². The third kappa shape index (κ3) is 3.39. The highest BCUT2D eigenvalue weighted by Gasteiger charge is 2.30. The summed E-state index contributed by atoms with van der Waals surface area (Å²) in [5.41, 5.74) is 7.69. The van der Waals surface area contributed by atoms with Crippen LogP contribution in [0.5, 0.6) is 0 Å². The zero-order valence-electron chi connectivity index (χ0n) is 11.5. The number of hydrazine groups is 1. The average molecular weight is 337 g/mol. The van der Waals surface area contributed by atoms with E-state index in [1.165, 1.54) is 0 Å². The van der Waals surface area contributed by atoms with Gasteiger partial charge in [-0.1, -0.05) is 29.3 Å². The molecule has 2 atom stereocenters. The zero-order valence-corrected chi connectivity index (χ0v) is 13.0. The minimum absolute atomic E-state index is 0.0464. The van der Waals surface area contributed by atoms with E-state index < -0.39 is 0 Å². The van der Waals surface area contributed by atoms with Gasteiger partial charge < -0.3 is 5.32 Å². The van der Waals surface area contributed by atoms with Gasteiger partial charge in [0, 0.05) is 23.5 Å². The van der Waals surface area contributed by atoms with Crippen LogP contribution in [0.3, 0.4) is 0 Å². The van der Waals surface area contributed by atoms with Crippen LogP contribution in [0, 0.1) is 0 Å². The maximum Gasteiger partial charge on any atom is 0.242 e. The topological polar surface area (TPSA) is 66.0 Å². The summed E-state index contributed by atoms with van der Waals surface area (Å²) in [5.74, 6) is -0.150. The molecule has 1 aromatic heterocycles. The van der Waals surface area contributed by atoms with Gasteiger partial charge in [-0.2, -0.15) is 0 Å². The average Bonchev–Trinajstić information content (AvgIpc) is 3.01. The van der Waals surface area contributed by atoms with Crippen LogP contribution in [0.4, 0.5) is 5.69 Å². The molecule has 7 heteroatoms. The van der Waals surface area contributed by atoms with E-state index >= 15 is 0 Å². The van der Waals surface area contributed by atoms with E-state index in [2.05, 4.69) is 21.2 Å². The Morgan fingerprint density at radius 1 is 1.27 bits per heavy atom. The van der Waals surface area contributed by atoms with Gasteiger partial charge in [0.2, 0.25) is 5.91 Å². The predicted molar refractivity (Wildman–Crippen MR) is 86.7 cm³/mol. The van der Waals surface area contributed by atoms with Crippen LogP contribution >= 0.6 is 23.2 Å². The lowest BCUT2D eigenvalue weighted by Crippen LogP contribution is -2.39. The molecule has 3 rings (SSSR count). The van der Waals surface area contributed by atoms with E-state index in [9.17, 15) is 4.79 Å². The molecule has 2 aromatic rings. The maximum atomic E-state index is 12.3. The molecule has 0 bridgehead atoms. The number of nitrogens with zero attached hydrogens (tertiary/aromatic N) is 1. The number of carbonyl (C=O) groups is 1. The number of rotatable bonds is 3. The number of pyridine rings is 1. The van der Waals surface area contributed by atoms with Crippen molar-refractivity contribution in [3.63, 3.8) is 0 Å². The van der Waals surface area contributed by atoms with Crippen LogP contribution in [0.25, 0.3) is 0 Å². The van der Waals surface area contributed by atoms with Crippen molar-refractivity contribution in [2.75, 3.05) is 5.32 Å². The number of hydrogen-bond donors (Lipinski definition) is 3. The summed E-state index contributed by atoms with van der Waals surface area (Å²) >= 11 is 11.9. The summed E-state index contributed by atoms with van der Waals surface area (Å²) in [5, 5.41) is 3.74. The lowest BCUT2D eigenvalue weighted by atomic mass is 10.0. The van der Waals surface area contributed by atoms with Gasteiger partial charge in [0.15, 0.2) is 0 Å². The second-order valence-corrected chi connectivity index (χ2v) is 5.87. The predicted octanol–water partition coefficient (Wildman–Crippen LogP) is 2.93. The highest BCUT2D eigenvalue weighted by molar-refractivity contribution is 6.36. The fraction of sp³-hybridized carbons (Fsp3) is 0.200. The second kappa shape index (κ2) is 6.62. The Kier molecular flexibility index (Phi) is 4.59. The number of amides is 1. The first-order valence-electron chi connectivity index (χ1n) is 6.80. The van der Waals surface area contributed by atoms with Crippen molar-refractivity contribution in [2.24, 2.45) is 0 Å². The molecule has 0 aliphatic carbocycles. The van der Waals surface area contributed by atoms with Crippen molar-refractivity contribution in [3.05, 3.63) is 58.3 Å². The summed E-state index contributed by atoms with van der Waals surface area (Å²) in [4.78, 5) is 16.4. The molecule has 22 heavy (non-hydrogen) atoms. The van der Waals surface area contributed by atoms with Crippen LogP contribution < -0.4 is 16.2 Å². The first-order valence-corrected chi connectivity index (χ1v) is 7.56.